The van der Waals surface area contributed by atoms with Crippen LogP contribution in [0, 0.1) is 0 Å². The lowest BCUT2D eigenvalue weighted by atomic mass is 10.1. The second-order valence-electron chi connectivity index (χ2n) is 9.82. The van der Waals surface area contributed by atoms with Crippen molar-refractivity contribution >= 4 is 11.6 Å². The fraction of sp³-hybridized carbons (Fsp3) is 0.353. The van der Waals surface area contributed by atoms with E-state index < -0.39 is 0 Å². The van der Waals surface area contributed by atoms with Gasteiger partial charge in [-0.05, 0) is 98.2 Å². The van der Waals surface area contributed by atoms with Crippen LogP contribution >= 0.6 is 11.6 Å². The van der Waals surface area contributed by atoms with Crippen LogP contribution in [0.1, 0.15) is 44.9 Å². The van der Waals surface area contributed by atoms with Crippen LogP contribution in [0.25, 0.3) is 22.6 Å². The highest BCUT2D eigenvalue weighted by molar-refractivity contribution is 6.30. The van der Waals surface area contributed by atoms with E-state index in [1.165, 1.54) is 5.56 Å². The molecule has 0 aliphatic rings. The van der Waals surface area contributed by atoms with E-state index in [-0.39, 0.29) is 0 Å². The molecule has 0 fully saturated rings. The minimum absolute atomic E-state index is 0.606. The van der Waals surface area contributed by atoms with Crippen molar-refractivity contribution in [3.8, 4) is 34.1 Å². The Morgan fingerprint density at radius 1 is 0.700 bits per heavy atom. The van der Waals surface area contributed by atoms with Crippen molar-refractivity contribution in [3.05, 3.63) is 95.1 Å². The van der Waals surface area contributed by atoms with Gasteiger partial charge in [0.25, 0.3) is 0 Å². The summed E-state index contributed by atoms with van der Waals surface area (Å²) in [7, 11) is 0. The molecule has 1 aromatic heterocycles. The molecule has 0 aliphatic carbocycles. The average molecular weight is 558 g/mol. The maximum Gasteiger partial charge on any atom is 0.160 e. The first kappa shape index (κ1) is 29.6. The summed E-state index contributed by atoms with van der Waals surface area (Å²) < 4.78 is 12.0. The van der Waals surface area contributed by atoms with Gasteiger partial charge in [0.2, 0.25) is 0 Å². The molecular formula is C34H40ClN3O2. The van der Waals surface area contributed by atoms with E-state index in [0.29, 0.717) is 13.2 Å². The summed E-state index contributed by atoms with van der Waals surface area (Å²) in [5, 5.41) is 0.749. The third-order valence-electron chi connectivity index (χ3n) is 6.97. The van der Waals surface area contributed by atoms with E-state index in [1.54, 1.807) is 0 Å². The van der Waals surface area contributed by atoms with Crippen LogP contribution in [0.3, 0.4) is 0 Å². The van der Waals surface area contributed by atoms with E-state index in [1.807, 2.05) is 60.7 Å². The van der Waals surface area contributed by atoms with Crippen molar-refractivity contribution in [1.29, 1.82) is 0 Å². The SMILES string of the molecule is CCCCc1cc(-c2ccc(OCCc3ccc(Cl)cc3)cc2)nc(-c2ccc(OCCN(CC)CC)cc2)n1. The Kier molecular flexibility index (Phi) is 11.4. The maximum atomic E-state index is 5.99. The zero-order valence-corrected chi connectivity index (χ0v) is 24.7. The molecule has 0 N–H and O–H groups in total. The number of aryl methyl sites for hydroxylation is 1. The van der Waals surface area contributed by atoms with Crippen LogP contribution < -0.4 is 9.47 Å². The number of likely N-dealkylation sites (N-methyl/N-ethyl adjacent to an activating group) is 1. The Bertz CT molecular complexity index is 1300. The van der Waals surface area contributed by atoms with E-state index in [9.17, 15) is 0 Å². The number of nitrogens with zero attached hydrogens (tertiary/aromatic N) is 3. The van der Waals surface area contributed by atoms with Crippen LogP contribution in [-0.2, 0) is 12.8 Å². The van der Waals surface area contributed by atoms with Crippen LogP contribution in [0.2, 0.25) is 5.02 Å². The minimum Gasteiger partial charge on any atom is -0.493 e. The van der Waals surface area contributed by atoms with Crippen molar-refractivity contribution in [2.75, 3.05) is 32.8 Å². The molecule has 0 saturated carbocycles. The van der Waals surface area contributed by atoms with E-state index >= 15 is 0 Å². The monoisotopic (exact) mass is 557 g/mol. The Labute approximate surface area is 244 Å². The molecule has 3 aromatic carbocycles. The third-order valence-corrected chi connectivity index (χ3v) is 7.22. The van der Waals surface area contributed by atoms with E-state index in [2.05, 4.69) is 43.9 Å². The third kappa shape index (κ3) is 8.80. The molecule has 4 rings (SSSR count). The van der Waals surface area contributed by atoms with Crippen LogP contribution in [0.5, 0.6) is 11.5 Å². The number of unbranched alkanes of at least 4 members (excludes halogenated alkanes) is 1. The average Bonchev–Trinajstić information content (AvgIpc) is 3.00. The molecule has 0 saturated heterocycles. The van der Waals surface area contributed by atoms with Gasteiger partial charge in [-0.2, -0.15) is 0 Å². The zero-order chi connectivity index (χ0) is 28.2. The van der Waals surface area contributed by atoms with Gasteiger partial charge in [0.15, 0.2) is 5.82 Å². The van der Waals surface area contributed by atoms with Gasteiger partial charge < -0.3 is 14.4 Å². The molecule has 0 atom stereocenters. The summed E-state index contributed by atoms with van der Waals surface area (Å²) in [6, 6.07) is 26.3. The molecule has 0 aliphatic heterocycles. The second-order valence-corrected chi connectivity index (χ2v) is 10.3. The molecule has 4 aromatic rings. The lowest BCUT2D eigenvalue weighted by molar-refractivity contribution is 0.223. The summed E-state index contributed by atoms with van der Waals surface area (Å²) in [6.45, 7) is 10.8. The Morgan fingerprint density at radius 2 is 1.32 bits per heavy atom. The smallest absolute Gasteiger partial charge is 0.160 e. The number of hydrogen-bond acceptors (Lipinski definition) is 5. The minimum atomic E-state index is 0.606. The highest BCUT2D eigenvalue weighted by Gasteiger charge is 2.10. The van der Waals surface area contributed by atoms with E-state index in [4.69, 9.17) is 31.0 Å². The predicted molar refractivity (Wildman–Crippen MR) is 165 cm³/mol. The van der Waals surface area contributed by atoms with Crippen LogP contribution in [0.4, 0.5) is 0 Å². The van der Waals surface area contributed by atoms with Crippen LogP contribution in [0.15, 0.2) is 78.9 Å². The lowest BCUT2D eigenvalue weighted by Crippen LogP contribution is -2.27. The van der Waals surface area contributed by atoms with Crippen molar-refractivity contribution in [2.45, 2.75) is 46.5 Å². The number of ether oxygens (including phenoxy) is 2. The van der Waals surface area contributed by atoms with Gasteiger partial charge in [-0.1, -0.05) is 50.9 Å². The molecule has 6 heteroatoms. The molecule has 0 radical (unpaired) electrons. The van der Waals surface area contributed by atoms with Crippen molar-refractivity contribution in [3.63, 3.8) is 0 Å². The first-order valence-electron chi connectivity index (χ1n) is 14.4. The predicted octanol–water partition coefficient (Wildman–Crippen LogP) is 8.15. The van der Waals surface area contributed by atoms with Crippen molar-refractivity contribution in [2.24, 2.45) is 0 Å². The molecule has 0 spiro atoms. The van der Waals surface area contributed by atoms with Gasteiger partial charge in [-0.3, -0.25) is 0 Å². The Balaban J connectivity index is 1.44. The fourth-order valence-electron chi connectivity index (χ4n) is 4.45. The zero-order valence-electron chi connectivity index (χ0n) is 23.9. The summed E-state index contributed by atoms with van der Waals surface area (Å²) in [5.41, 5.74) is 5.21. The van der Waals surface area contributed by atoms with Gasteiger partial charge in [0, 0.05) is 34.8 Å². The lowest BCUT2D eigenvalue weighted by Gasteiger charge is -2.18. The van der Waals surface area contributed by atoms with Crippen LogP contribution in [-0.4, -0.2) is 47.7 Å². The topological polar surface area (TPSA) is 47.5 Å². The quantitative estimate of drug-likeness (QED) is 0.147. The molecule has 1 heterocycles. The first-order valence-corrected chi connectivity index (χ1v) is 14.8. The molecule has 0 amide bonds. The molecule has 0 bridgehead atoms. The number of hydrogen-bond donors (Lipinski definition) is 0. The Morgan fingerprint density at radius 3 is 1.95 bits per heavy atom. The normalized spacial score (nSPS) is 11.1. The van der Waals surface area contributed by atoms with Gasteiger partial charge in [-0.25, -0.2) is 9.97 Å². The largest absolute Gasteiger partial charge is 0.493 e. The molecular weight excluding hydrogens is 518 g/mol. The van der Waals surface area contributed by atoms with E-state index in [0.717, 1.165) is 90.2 Å². The summed E-state index contributed by atoms with van der Waals surface area (Å²) in [6.07, 6.45) is 3.97. The summed E-state index contributed by atoms with van der Waals surface area (Å²) in [4.78, 5) is 12.2. The van der Waals surface area contributed by atoms with Crippen molar-refractivity contribution < 1.29 is 9.47 Å². The fourth-order valence-corrected chi connectivity index (χ4v) is 4.58. The van der Waals surface area contributed by atoms with Gasteiger partial charge in [0.05, 0.1) is 12.3 Å². The number of halogens is 1. The highest BCUT2D eigenvalue weighted by Crippen LogP contribution is 2.26. The van der Waals surface area contributed by atoms with Gasteiger partial charge >= 0.3 is 0 Å². The van der Waals surface area contributed by atoms with Crippen molar-refractivity contribution in [1.82, 2.24) is 14.9 Å². The number of benzene rings is 3. The summed E-state index contributed by atoms with van der Waals surface area (Å²) >= 11 is 5.98. The second kappa shape index (κ2) is 15.4. The molecule has 40 heavy (non-hydrogen) atoms. The van der Waals surface area contributed by atoms with Gasteiger partial charge in [-0.15, -0.1) is 0 Å². The maximum absolute atomic E-state index is 5.99. The Hall–Kier alpha value is -3.41. The summed E-state index contributed by atoms with van der Waals surface area (Å²) in [5.74, 6) is 2.45. The number of rotatable bonds is 15. The number of aromatic nitrogens is 2. The first-order chi connectivity index (χ1) is 19.6. The molecule has 0 unspecified atom stereocenters. The molecule has 5 nitrogen and oxygen atoms in total. The highest BCUT2D eigenvalue weighted by atomic mass is 35.5. The standard InChI is InChI=1S/C34H40ClN3O2/c1-4-7-8-30-25-33(27-11-17-31(18-12-27)39-23-21-26-9-15-29(35)16-10-26)37-34(36-30)28-13-19-32(20-14-28)40-24-22-38(5-2)6-3/h9-20,25H,4-8,21-24H2,1-3H3. The molecule has 210 valence electrons. The van der Waals surface area contributed by atoms with Gasteiger partial charge in [0.1, 0.15) is 18.1 Å².